The van der Waals surface area contributed by atoms with Crippen LogP contribution < -0.4 is 5.32 Å². The molecule has 0 rings (SSSR count). The van der Waals surface area contributed by atoms with Crippen molar-refractivity contribution in [3.05, 3.63) is 0 Å². The lowest BCUT2D eigenvalue weighted by molar-refractivity contribution is -0.140. The zero-order chi connectivity index (χ0) is 14.0. The fourth-order valence-electron chi connectivity index (χ4n) is 0.990. The molecule has 0 spiro atoms. The van der Waals surface area contributed by atoms with E-state index in [9.17, 15) is 14.4 Å². The van der Waals surface area contributed by atoms with E-state index in [1.807, 2.05) is 6.92 Å². The van der Waals surface area contributed by atoms with Crippen LogP contribution in [0.4, 0.5) is 4.79 Å². The van der Waals surface area contributed by atoms with Crippen molar-refractivity contribution in [3.63, 3.8) is 0 Å². The van der Waals surface area contributed by atoms with Crippen molar-refractivity contribution in [2.45, 2.75) is 38.6 Å². The van der Waals surface area contributed by atoms with E-state index < -0.39 is 23.2 Å². The van der Waals surface area contributed by atoms with Gasteiger partial charge in [0.1, 0.15) is 6.04 Å². The van der Waals surface area contributed by atoms with E-state index in [2.05, 4.69) is 5.32 Å². The summed E-state index contributed by atoms with van der Waals surface area (Å²) in [6.45, 7) is 2.04. The summed E-state index contributed by atoms with van der Waals surface area (Å²) in [6, 6.07) is -1.15. The van der Waals surface area contributed by atoms with E-state index in [4.69, 9.17) is 10.2 Å². The summed E-state index contributed by atoms with van der Waals surface area (Å²) in [4.78, 5) is 32.5. The first-order chi connectivity index (χ1) is 8.47. The molecule has 0 aliphatic rings. The summed E-state index contributed by atoms with van der Waals surface area (Å²) in [5.74, 6) is -1.48. The van der Waals surface area contributed by atoms with Gasteiger partial charge in [-0.1, -0.05) is 24.1 Å². The largest absolute Gasteiger partial charge is 0.481 e. The topological polar surface area (TPSA) is 104 Å². The average Bonchev–Trinajstić information content (AvgIpc) is 2.29. The normalized spacial score (nSPS) is 11.8. The zero-order valence-electron chi connectivity index (χ0n) is 10.0. The number of carbonyl (C=O) groups is 3. The van der Waals surface area contributed by atoms with Crippen LogP contribution >= 0.6 is 21.6 Å². The highest BCUT2D eigenvalue weighted by Crippen LogP contribution is 2.23. The maximum absolute atomic E-state index is 11.4. The monoisotopic (exact) mass is 295 g/mol. The summed E-state index contributed by atoms with van der Waals surface area (Å²) in [6.07, 6.45) is 1.62. The molecule has 6 nitrogen and oxygen atoms in total. The molecule has 0 aromatic heterocycles. The molecule has 3 N–H and O–H groups in total. The van der Waals surface area contributed by atoms with Crippen LogP contribution in [0.2, 0.25) is 0 Å². The highest BCUT2D eigenvalue weighted by Gasteiger charge is 2.21. The quantitative estimate of drug-likeness (QED) is 0.442. The molecule has 0 aliphatic carbocycles. The van der Waals surface area contributed by atoms with Crippen molar-refractivity contribution in [1.82, 2.24) is 5.32 Å². The van der Waals surface area contributed by atoms with E-state index in [0.29, 0.717) is 0 Å². The molecule has 0 aromatic carbocycles. The molecule has 0 fully saturated rings. The van der Waals surface area contributed by atoms with Gasteiger partial charge < -0.3 is 15.5 Å². The maximum atomic E-state index is 11.4. The van der Waals surface area contributed by atoms with Crippen molar-refractivity contribution in [2.75, 3.05) is 5.75 Å². The number of nitrogens with one attached hydrogen (secondary N) is 1. The molecular weight excluding hydrogens is 278 g/mol. The van der Waals surface area contributed by atoms with Gasteiger partial charge >= 0.3 is 11.9 Å². The molecule has 104 valence electrons. The third-order valence-electron chi connectivity index (χ3n) is 1.95. The van der Waals surface area contributed by atoms with E-state index in [1.54, 1.807) is 0 Å². The van der Waals surface area contributed by atoms with Crippen molar-refractivity contribution < 1.29 is 24.6 Å². The van der Waals surface area contributed by atoms with Gasteiger partial charge in [-0.25, -0.2) is 4.79 Å². The summed E-state index contributed by atoms with van der Waals surface area (Å²) in [5, 5.41) is 19.1. The number of hydrogen-bond acceptors (Lipinski definition) is 5. The van der Waals surface area contributed by atoms with E-state index in [-0.39, 0.29) is 12.8 Å². The Labute approximate surface area is 113 Å². The maximum Gasteiger partial charge on any atom is 0.326 e. The van der Waals surface area contributed by atoms with Gasteiger partial charge in [-0.05, 0) is 12.8 Å². The fraction of sp³-hybridized carbons (Fsp3) is 0.700. The molecule has 0 saturated heterocycles. The summed E-state index contributed by atoms with van der Waals surface area (Å²) in [7, 11) is 2.31. The Hall–Kier alpha value is -0.890. The Balaban J connectivity index is 3.96. The third kappa shape index (κ3) is 9.17. The van der Waals surface area contributed by atoms with Crippen LogP contribution in [-0.2, 0) is 9.59 Å². The molecule has 1 atom stereocenters. The molecule has 0 bridgehead atoms. The average molecular weight is 295 g/mol. The number of carboxylic acid groups (broad SMARTS) is 2. The minimum atomic E-state index is -1.22. The molecule has 1 unspecified atom stereocenters. The predicted octanol–water partition coefficient (Wildman–Crippen LogP) is 2.20. The fourth-order valence-corrected chi connectivity index (χ4v) is 2.85. The lowest BCUT2D eigenvalue weighted by Crippen LogP contribution is -2.39. The second-order valence-electron chi connectivity index (χ2n) is 3.51. The van der Waals surface area contributed by atoms with Gasteiger partial charge in [-0.2, -0.15) is 0 Å². The summed E-state index contributed by atoms with van der Waals surface area (Å²) >= 11 is 0. The predicted molar refractivity (Wildman–Crippen MR) is 71.8 cm³/mol. The summed E-state index contributed by atoms with van der Waals surface area (Å²) in [5.41, 5.74) is 0. The Morgan fingerprint density at radius 3 is 2.44 bits per heavy atom. The molecule has 0 saturated carbocycles. The number of aliphatic carboxylic acids is 2. The molecule has 0 aliphatic heterocycles. The molecular formula is C10H17NO5S2. The van der Waals surface area contributed by atoms with Crippen LogP contribution in [0.1, 0.15) is 32.6 Å². The SMILES string of the molecule is CCCCSSC(=O)NC(CCC(=O)O)C(=O)O. The summed E-state index contributed by atoms with van der Waals surface area (Å²) < 4.78 is 0. The van der Waals surface area contributed by atoms with E-state index >= 15 is 0 Å². The molecule has 0 aromatic rings. The zero-order valence-corrected chi connectivity index (χ0v) is 11.7. The second-order valence-corrected chi connectivity index (χ2v) is 5.90. The number of unbranched alkanes of at least 4 members (excludes halogenated alkanes) is 1. The van der Waals surface area contributed by atoms with Gasteiger partial charge in [0.15, 0.2) is 0 Å². The standard InChI is InChI=1S/C10H17NO5S2/c1-2-3-6-17-18-10(16)11-7(9(14)15)4-5-8(12)13/h7H,2-6H2,1H3,(H,11,16)(H,12,13)(H,14,15). The van der Waals surface area contributed by atoms with Gasteiger partial charge in [0, 0.05) is 23.0 Å². The number of carboxylic acids is 2. The van der Waals surface area contributed by atoms with Crippen molar-refractivity contribution >= 4 is 38.8 Å². The van der Waals surface area contributed by atoms with Crippen LogP contribution in [0.3, 0.4) is 0 Å². The molecule has 1 amide bonds. The first-order valence-electron chi connectivity index (χ1n) is 5.52. The lowest BCUT2D eigenvalue weighted by Gasteiger charge is -2.12. The molecule has 0 radical (unpaired) electrons. The molecule has 0 heterocycles. The second kappa shape index (κ2) is 10.1. The lowest BCUT2D eigenvalue weighted by atomic mass is 10.1. The Bertz CT molecular complexity index is 298. The smallest absolute Gasteiger partial charge is 0.326 e. The van der Waals surface area contributed by atoms with Gasteiger partial charge in [-0.15, -0.1) is 0 Å². The van der Waals surface area contributed by atoms with E-state index in [1.165, 1.54) is 10.8 Å². The Kier molecular flexibility index (Phi) is 9.57. The number of rotatable bonds is 9. The molecule has 18 heavy (non-hydrogen) atoms. The highest BCUT2D eigenvalue weighted by atomic mass is 33.1. The van der Waals surface area contributed by atoms with Crippen LogP contribution in [-0.4, -0.2) is 39.2 Å². The third-order valence-corrected chi connectivity index (χ3v) is 4.10. The first-order valence-corrected chi connectivity index (χ1v) is 7.83. The minimum absolute atomic E-state index is 0.114. The number of hydrogen-bond donors (Lipinski definition) is 3. The van der Waals surface area contributed by atoms with Crippen LogP contribution in [0.25, 0.3) is 0 Å². The number of amides is 1. The molecule has 8 heteroatoms. The van der Waals surface area contributed by atoms with Crippen LogP contribution in [0, 0.1) is 0 Å². The van der Waals surface area contributed by atoms with Crippen molar-refractivity contribution in [3.8, 4) is 0 Å². The minimum Gasteiger partial charge on any atom is -0.481 e. The van der Waals surface area contributed by atoms with Gasteiger partial charge in [0.05, 0.1) is 0 Å². The highest BCUT2D eigenvalue weighted by molar-refractivity contribution is 8.82. The van der Waals surface area contributed by atoms with Crippen molar-refractivity contribution in [2.24, 2.45) is 0 Å². The Morgan fingerprint density at radius 2 is 1.94 bits per heavy atom. The van der Waals surface area contributed by atoms with Crippen molar-refractivity contribution in [1.29, 1.82) is 0 Å². The van der Waals surface area contributed by atoms with Crippen LogP contribution in [0.15, 0.2) is 0 Å². The first kappa shape index (κ1) is 17.1. The Morgan fingerprint density at radius 1 is 1.28 bits per heavy atom. The van der Waals surface area contributed by atoms with Gasteiger partial charge in [-0.3, -0.25) is 9.59 Å². The van der Waals surface area contributed by atoms with Gasteiger partial charge in [0.2, 0.25) is 0 Å². The number of carbonyl (C=O) groups excluding carboxylic acids is 1. The van der Waals surface area contributed by atoms with Gasteiger partial charge in [0.25, 0.3) is 5.24 Å². The van der Waals surface area contributed by atoms with Crippen LogP contribution in [0.5, 0.6) is 0 Å². The van der Waals surface area contributed by atoms with E-state index in [0.717, 1.165) is 29.4 Å².